The van der Waals surface area contributed by atoms with Gasteiger partial charge in [-0.25, -0.2) is 18.6 Å². The van der Waals surface area contributed by atoms with Crippen molar-refractivity contribution in [1.82, 2.24) is 9.55 Å². The molecule has 0 aliphatic carbocycles. The number of hydrogen-bond acceptors (Lipinski definition) is 5. The van der Waals surface area contributed by atoms with E-state index in [1.807, 2.05) is 13.8 Å². The predicted octanol–water partition coefficient (Wildman–Crippen LogP) is 5.00. The van der Waals surface area contributed by atoms with Crippen LogP contribution in [-0.2, 0) is 11.3 Å². The third kappa shape index (κ3) is 6.80. The second kappa shape index (κ2) is 10.9. The molecule has 0 aliphatic rings. The Kier molecular flexibility index (Phi) is 8.13. The molecule has 0 saturated heterocycles. The van der Waals surface area contributed by atoms with Crippen LogP contribution in [0, 0.1) is 28.9 Å². The summed E-state index contributed by atoms with van der Waals surface area (Å²) in [5.74, 6) is -1.97. The van der Waals surface area contributed by atoms with Gasteiger partial charge in [-0.3, -0.25) is 10.1 Å². The topological polar surface area (TPSA) is 123 Å². The first kappa shape index (κ1) is 27.5. The van der Waals surface area contributed by atoms with Gasteiger partial charge in [0.1, 0.15) is 5.69 Å². The third-order valence-electron chi connectivity index (χ3n) is 5.66. The first-order valence-corrected chi connectivity index (χ1v) is 11.8. The minimum Gasteiger partial charge on any atom is -0.390 e. The summed E-state index contributed by atoms with van der Waals surface area (Å²) in [6.45, 7) is 7.48. The van der Waals surface area contributed by atoms with E-state index in [1.165, 1.54) is 4.90 Å². The zero-order chi connectivity index (χ0) is 27.5. The molecule has 0 radical (unpaired) electrons. The van der Waals surface area contributed by atoms with Gasteiger partial charge in [-0.1, -0.05) is 13.8 Å². The predicted molar refractivity (Wildman–Crippen MR) is 137 cm³/mol. The summed E-state index contributed by atoms with van der Waals surface area (Å²) in [6.07, 6.45) is 0.701. The van der Waals surface area contributed by atoms with Crippen molar-refractivity contribution in [3.63, 3.8) is 0 Å². The molecular weight excluding hydrogens is 482 g/mol. The molecule has 0 unspecified atom stereocenters. The fraction of sp³-hybridized carbons (Fsp3) is 0.385. The molecular formula is C26H30F2N6O3. The maximum absolute atomic E-state index is 14.2. The summed E-state index contributed by atoms with van der Waals surface area (Å²) in [4.78, 5) is 31.2. The molecule has 1 heterocycles. The standard InChI is InChI=1S/C26H30F2N6O3/c1-15(2)10-22(35)33(5)17-6-7-21-20(13-17)30-24(34(21)9-8-26(3,4)37)32-25(36)31-23-18(27)11-16(14-29)12-19(23)28/h6-7,11-13,15,37H,8-10H2,1-5H3,(H2,30,31,32,36). The molecule has 196 valence electrons. The second-order valence-corrected chi connectivity index (χ2v) is 9.88. The van der Waals surface area contributed by atoms with Crippen molar-refractivity contribution in [3.8, 4) is 6.07 Å². The average Bonchev–Trinajstić information content (AvgIpc) is 3.14. The highest BCUT2D eigenvalue weighted by Gasteiger charge is 2.21. The van der Waals surface area contributed by atoms with E-state index in [1.54, 1.807) is 49.7 Å². The highest BCUT2D eigenvalue weighted by atomic mass is 19.1. The molecule has 0 spiro atoms. The number of halogens is 2. The van der Waals surface area contributed by atoms with Crippen LogP contribution in [0.3, 0.4) is 0 Å². The number of aromatic nitrogens is 2. The molecule has 0 aliphatic heterocycles. The van der Waals surface area contributed by atoms with Crippen molar-refractivity contribution in [2.45, 2.75) is 52.7 Å². The van der Waals surface area contributed by atoms with E-state index >= 15 is 0 Å². The van der Waals surface area contributed by atoms with Crippen molar-refractivity contribution in [1.29, 1.82) is 5.26 Å². The number of nitrogens with zero attached hydrogens (tertiary/aromatic N) is 4. The number of amides is 3. The zero-order valence-corrected chi connectivity index (χ0v) is 21.4. The van der Waals surface area contributed by atoms with Crippen molar-refractivity contribution < 1.29 is 23.5 Å². The number of aliphatic hydroxyl groups is 1. The van der Waals surface area contributed by atoms with Crippen LogP contribution >= 0.6 is 0 Å². The summed E-state index contributed by atoms with van der Waals surface area (Å²) < 4.78 is 30.2. The SMILES string of the molecule is CC(C)CC(=O)N(C)c1ccc2c(c1)nc(NC(=O)Nc1c(F)cc(C#N)cc1F)n2CCC(C)(C)O. The maximum Gasteiger partial charge on any atom is 0.326 e. The Labute approximate surface area is 213 Å². The fourth-order valence-corrected chi connectivity index (χ4v) is 3.67. The van der Waals surface area contributed by atoms with Crippen LogP contribution in [0.2, 0.25) is 0 Å². The molecule has 0 atom stereocenters. The van der Waals surface area contributed by atoms with E-state index in [2.05, 4.69) is 15.6 Å². The van der Waals surface area contributed by atoms with E-state index in [4.69, 9.17) is 5.26 Å². The van der Waals surface area contributed by atoms with Gasteiger partial charge in [0, 0.05) is 25.7 Å². The van der Waals surface area contributed by atoms with Crippen LogP contribution in [0.25, 0.3) is 11.0 Å². The number of nitriles is 1. The minimum absolute atomic E-state index is 0.0555. The smallest absolute Gasteiger partial charge is 0.326 e. The van der Waals surface area contributed by atoms with Crippen LogP contribution in [0.4, 0.5) is 30.9 Å². The number of anilines is 3. The Morgan fingerprint density at radius 2 is 1.84 bits per heavy atom. The number of carbonyl (C=O) groups excluding carboxylic acids is 2. The number of hydrogen-bond donors (Lipinski definition) is 3. The number of aryl methyl sites for hydroxylation is 1. The largest absolute Gasteiger partial charge is 0.390 e. The number of carbonyl (C=O) groups is 2. The summed E-state index contributed by atoms with van der Waals surface area (Å²) >= 11 is 0. The molecule has 3 rings (SSSR count). The van der Waals surface area contributed by atoms with Crippen LogP contribution in [0.5, 0.6) is 0 Å². The molecule has 9 nitrogen and oxygen atoms in total. The molecule has 11 heteroatoms. The molecule has 2 aromatic carbocycles. The Balaban J connectivity index is 1.94. The number of urea groups is 1. The summed E-state index contributed by atoms with van der Waals surface area (Å²) in [5.41, 5.74) is -0.214. The fourth-order valence-electron chi connectivity index (χ4n) is 3.67. The van der Waals surface area contributed by atoms with Gasteiger partial charge in [0.2, 0.25) is 11.9 Å². The minimum atomic E-state index is -1.10. The average molecular weight is 513 g/mol. The van der Waals surface area contributed by atoms with Crippen LogP contribution in [0.1, 0.15) is 46.1 Å². The number of imidazole rings is 1. The van der Waals surface area contributed by atoms with Crippen LogP contribution < -0.4 is 15.5 Å². The van der Waals surface area contributed by atoms with Crippen molar-refractivity contribution in [2.75, 3.05) is 22.6 Å². The Bertz CT molecular complexity index is 1350. The number of benzene rings is 2. The van der Waals surface area contributed by atoms with Gasteiger partial charge in [-0.05, 0) is 56.5 Å². The summed E-state index contributed by atoms with van der Waals surface area (Å²) in [6, 6.07) is 7.54. The van der Waals surface area contributed by atoms with E-state index in [0.29, 0.717) is 29.6 Å². The first-order chi connectivity index (χ1) is 17.3. The van der Waals surface area contributed by atoms with E-state index < -0.39 is 29.0 Å². The molecule has 37 heavy (non-hydrogen) atoms. The van der Waals surface area contributed by atoms with Gasteiger partial charge in [-0.2, -0.15) is 5.26 Å². The molecule has 0 bridgehead atoms. The number of fused-ring (bicyclic) bond motifs is 1. The Morgan fingerprint density at radius 1 is 1.19 bits per heavy atom. The lowest BCUT2D eigenvalue weighted by Gasteiger charge is -2.19. The summed E-state index contributed by atoms with van der Waals surface area (Å²) in [5, 5.41) is 23.7. The van der Waals surface area contributed by atoms with E-state index in [-0.39, 0.29) is 29.9 Å². The number of nitrogens with one attached hydrogen (secondary N) is 2. The lowest BCUT2D eigenvalue weighted by Crippen LogP contribution is -2.27. The molecule has 0 fully saturated rings. The van der Waals surface area contributed by atoms with E-state index in [0.717, 1.165) is 12.1 Å². The highest BCUT2D eigenvalue weighted by Crippen LogP contribution is 2.27. The lowest BCUT2D eigenvalue weighted by atomic mass is 10.1. The van der Waals surface area contributed by atoms with Crippen molar-refractivity contribution in [2.24, 2.45) is 5.92 Å². The number of rotatable bonds is 8. The maximum atomic E-state index is 14.2. The monoisotopic (exact) mass is 512 g/mol. The second-order valence-electron chi connectivity index (χ2n) is 9.88. The van der Waals surface area contributed by atoms with Gasteiger partial charge in [0.15, 0.2) is 11.6 Å². The molecule has 3 amide bonds. The zero-order valence-electron chi connectivity index (χ0n) is 21.4. The summed E-state index contributed by atoms with van der Waals surface area (Å²) in [7, 11) is 1.67. The Morgan fingerprint density at radius 3 is 2.41 bits per heavy atom. The van der Waals surface area contributed by atoms with Gasteiger partial charge in [0.25, 0.3) is 0 Å². The van der Waals surface area contributed by atoms with Gasteiger partial charge < -0.3 is 19.9 Å². The third-order valence-corrected chi connectivity index (χ3v) is 5.66. The molecule has 3 N–H and O–H groups in total. The van der Waals surface area contributed by atoms with Crippen molar-refractivity contribution in [3.05, 3.63) is 47.5 Å². The van der Waals surface area contributed by atoms with Gasteiger partial charge >= 0.3 is 6.03 Å². The quantitative estimate of drug-likeness (QED) is 0.392. The highest BCUT2D eigenvalue weighted by molar-refractivity contribution is 6.00. The normalized spacial score (nSPS) is 11.5. The molecule has 3 aromatic rings. The first-order valence-electron chi connectivity index (χ1n) is 11.8. The van der Waals surface area contributed by atoms with E-state index in [9.17, 15) is 23.5 Å². The van der Waals surface area contributed by atoms with Crippen LogP contribution in [-0.4, -0.2) is 39.2 Å². The Hall–Kier alpha value is -4.04. The lowest BCUT2D eigenvalue weighted by molar-refractivity contribution is -0.119. The van der Waals surface area contributed by atoms with Gasteiger partial charge in [-0.15, -0.1) is 0 Å². The van der Waals surface area contributed by atoms with Gasteiger partial charge in [0.05, 0.1) is 28.3 Å². The molecule has 1 aromatic heterocycles. The molecule has 0 saturated carbocycles. The van der Waals surface area contributed by atoms with Crippen LogP contribution in [0.15, 0.2) is 30.3 Å². The van der Waals surface area contributed by atoms with Crippen molar-refractivity contribution >= 4 is 40.3 Å².